The molecular weight excluding hydrogens is 196 g/mol. The second-order valence-electron chi connectivity index (χ2n) is 6.66. The van der Waals surface area contributed by atoms with Gasteiger partial charge in [0.1, 0.15) is 0 Å². The summed E-state index contributed by atoms with van der Waals surface area (Å²) >= 11 is 0. The van der Waals surface area contributed by atoms with Crippen molar-refractivity contribution in [3.8, 4) is 0 Å². The number of aromatic amines is 1. The molecule has 4 fully saturated rings. The molecule has 4 aliphatic rings. The van der Waals surface area contributed by atoms with Gasteiger partial charge in [0.25, 0.3) is 0 Å². The summed E-state index contributed by atoms with van der Waals surface area (Å²) in [6.07, 6.45) is 12.3. The molecule has 4 bridgehead atoms. The van der Waals surface area contributed by atoms with Crippen LogP contribution in [0.2, 0.25) is 0 Å². The van der Waals surface area contributed by atoms with E-state index in [1.807, 2.05) is 6.20 Å². The molecule has 0 radical (unpaired) electrons. The molecule has 1 aromatic heterocycles. The molecule has 0 aliphatic heterocycles. The van der Waals surface area contributed by atoms with E-state index in [0.29, 0.717) is 5.41 Å². The summed E-state index contributed by atoms with van der Waals surface area (Å²) in [5.74, 6) is 3.18. The van der Waals surface area contributed by atoms with E-state index >= 15 is 0 Å². The second-order valence-corrected chi connectivity index (χ2v) is 6.66. The van der Waals surface area contributed by atoms with E-state index in [1.54, 1.807) is 19.3 Å². The van der Waals surface area contributed by atoms with Crippen LogP contribution in [0.1, 0.15) is 44.2 Å². The molecule has 5 rings (SSSR count). The highest BCUT2D eigenvalue weighted by molar-refractivity contribution is 5.08. The third-order valence-corrected chi connectivity index (χ3v) is 5.28. The van der Waals surface area contributed by atoms with Crippen molar-refractivity contribution < 1.29 is 0 Å². The minimum Gasteiger partial charge on any atom is -0.285 e. The van der Waals surface area contributed by atoms with Crippen LogP contribution in [0.3, 0.4) is 0 Å². The first-order valence-electron chi connectivity index (χ1n) is 6.80. The molecule has 1 N–H and O–H groups in total. The van der Waals surface area contributed by atoms with E-state index in [1.165, 1.54) is 31.4 Å². The van der Waals surface area contributed by atoms with Gasteiger partial charge in [0.2, 0.25) is 0 Å². The minimum atomic E-state index is 0.643. The topological polar surface area (TPSA) is 28.7 Å². The smallest absolute Gasteiger partial charge is 0.0627 e. The second kappa shape index (κ2) is 3.12. The lowest BCUT2D eigenvalue weighted by atomic mass is 9.48. The maximum Gasteiger partial charge on any atom is 0.0627 e. The van der Waals surface area contributed by atoms with Crippen molar-refractivity contribution in [2.24, 2.45) is 23.2 Å². The summed E-state index contributed by atoms with van der Waals surface area (Å²) in [5, 5.41) is 7.33. The van der Waals surface area contributed by atoms with Gasteiger partial charge in [-0.2, -0.15) is 5.10 Å². The molecule has 0 unspecified atom stereocenters. The zero-order chi connectivity index (χ0) is 10.6. The van der Waals surface area contributed by atoms with Gasteiger partial charge in [-0.1, -0.05) is 0 Å². The lowest BCUT2D eigenvalue weighted by molar-refractivity contribution is -0.0526. The Kier molecular flexibility index (Phi) is 1.80. The first-order valence-corrected chi connectivity index (χ1v) is 6.80. The first-order chi connectivity index (χ1) is 7.81. The van der Waals surface area contributed by atoms with Crippen molar-refractivity contribution in [1.82, 2.24) is 10.2 Å². The van der Waals surface area contributed by atoms with Gasteiger partial charge >= 0.3 is 0 Å². The number of nitrogens with one attached hydrogen (secondary N) is 1. The van der Waals surface area contributed by atoms with E-state index < -0.39 is 0 Å². The molecule has 0 atom stereocenters. The van der Waals surface area contributed by atoms with Crippen molar-refractivity contribution in [2.45, 2.75) is 44.9 Å². The van der Waals surface area contributed by atoms with E-state index in [9.17, 15) is 0 Å². The maximum absolute atomic E-state index is 4.37. The van der Waals surface area contributed by atoms with Crippen LogP contribution in [0, 0.1) is 23.2 Å². The highest BCUT2D eigenvalue weighted by Crippen LogP contribution is 2.60. The molecule has 2 nitrogen and oxygen atoms in total. The molecule has 2 heteroatoms. The quantitative estimate of drug-likeness (QED) is 0.808. The summed E-state index contributed by atoms with van der Waals surface area (Å²) in [6, 6.07) is 2.17. The van der Waals surface area contributed by atoms with Crippen LogP contribution in [0.4, 0.5) is 0 Å². The summed E-state index contributed by atoms with van der Waals surface area (Å²) in [6.45, 7) is 0. The van der Waals surface area contributed by atoms with Gasteiger partial charge in [0, 0.05) is 6.20 Å². The Bertz CT molecular complexity index is 344. The van der Waals surface area contributed by atoms with Crippen LogP contribution in [0.15, 0.2) is 12.3 Å². The number of hydrogen-bond acceptors (Lipinski definition) is 1. The standard InChI is InChI=1S/C14H20N2/c1-2-15-16-13(1)9-14-6-10-3-11(7-14)5-12(4-10)8-14/h1-2,10-12H,3-9H2,(H,15,16). The van der Waals surface area contributed by atoms with Crippen molar-refractivity contribution in [3.05, 3.63) is 18.0 Å². The fourth-order valence-corrected chi connectivity index (χ4v) is 5.28. The highest BCUT2D eigenvalue weighted by Gasteiger charge is 2.50. The Hall–Kier alpha value is -0.790. The van der Waals surface area contributed by atoms with Crippen LogP contribution < -0.4 is 0 Å². The Morgan fingerprint density at radius 1 is 1.12 bits per heavy atom. The monoisotopic (exact) mass is 216 g/mol. The first kappa shape index (κ1) is 9.26. The number of rotatable bonds is 2. The van der Waals surface area contributed by atoms with Crippen LogP contribution in [-0.2, 0) is 6.42 Å². The summed E-state index contributed by atoms with van der Waals surface area (Å²) in [5.41, 5.74) is 1.94. The fraction of sp³-hybridized carbons (Fsp3) is 0.786. The molecule has 1 aromatic rings. The molecule has 0 amide bonds. The van der Waals surface area contributed by atoms with Crippen molar-refractivity contribution in [2.75, 3.05) is 0 Å². The van der Waals surface area contributed by atoms with Crippen molar-refractivity contribution in [3.63, 3.8) is 0 Å². The van der Waals surface area contributed by atoms with Crippen LogP contribution in [-0.4, -0.2) is 10.2 Å². The van der Waals surface area contributed by atoms with E-state index in [0.717, 1.165) is 17.8 Å². The third-order valence-electron chi connectivity index (χ3n) is 5.28. The summed E-state index contributed by atoms with van der Waals surface area (Å²) in [7, 11) is 0. The predicted octanol–water partition coefficient (Wildman–Crippen LogP) is 3.17. The largest absolute Gasteiger partial charge is 0.285 e. The highest BCUT2D eigenvalue weighted by atomic mass is 15.1. The molecule has 86 valence electrons. The van der Waals surface area contributed by atoms with Gasteiger partial charge in [-0.05, 0) is 74.2 Å². The molecular formula is C14H20N2. The predicted molar refractivity (Wildman–Crippen MR) is 62.9 cm³/mol. The Labute approximate surface area is 96.8 Å². The Morgan fingerprint density at radius 2 is 1.75 bits per heavy atom. The zero-order valence-corrected chi connectivity index (χ0v) is 9.78. The molecule has 4 saturated carbocycles. The number of nitrogens with zero attached hydrogens (tertiary/aromatic N) is 1. The molecule has 0 aromatic carbocycles. The lowest BCUT2D eigenvalue weighted by Gasteiger charge is -2.56. The van der Waals surface area contributed by atoms with Gasteiger partial charge in [-0.15, -0.1) is 0 Å². The molecule has 16 heavy (non-hydrogen) atoms. The van der Waals surface area contributed by atoms with Crippen molar-refractivity contribution >= 4 is 0 Å². The fourth-order valence-electron chi connectivity index (χ4n) is 5.28. The number of aromatic nitrogens is 2. The van der Waals surface area contributed by atoms with Gasteiger partial charge in [0.15, 0.2) is 0 Å². The van der Waals surface area contributed by atoms with Crippen molar-refractivity contribution in [1.29, 1.82) is 0 Å². The molecule has 4 aliphatic carbocycles. The van der Waals surface area contributed by atoms with Crippen LogP contribution >= 0.6 is 0 Å². The maximum atomic E-state index is 4.37. The van der Waals surface area contributed by atoms with Gasteiger partial charge < -0.3 is 0 Å². The normalized spacial score (nSPS) is 45.1. The molecule has 1 heterocycles. The van der Waals surface area contributed by atoms with E-state index in [2.05, 4.69) is 16.3 Å². The van der Waals surface area contributed by atoms with E-state index in [-0.39, 0.29) is 0 Å². The summed E-state index contributed by atoms with van der Waals surface area (Å²) < 4.78 is 0. The number of H-pyrrole nitrogens is 1. The lowest BCUT2D eigenvalue weighted by Crippen LogP contribution is -2.47. The number of hydrogen-bond donors (Lipinski definition) is 1. The Morgan fingerprint density at radius 3 is 2.25 bits per heavy atom. The molecule has 0 spiro atoms. The van der Waals surface area contributed by atoms with E-state index in [4.69, 9.17) is 0 Å². The average Bonchev–Trinajstić information content (AvgIpc) is 2.66. The van der Waals surface area contributed by atoms with Gasteiger partial charge in [-0.25, -0.2) is 0 Å². The van der Waals surface area contributed by atoms with Gasteiger partial charge in [-0.3, -0.25) is 5.10 Å². The zero-order valence-electron chi connectivity index (χ0n) is 9.78. The Balaban J connectivity index is 1.62. The summed E-state index contributed by atoms with van der Waals surface area (Å²) in [4.78, 5) is 0. The molecule has 0 saturated heterocycles. The average molecular weight is 216 g/mol. The van der Waals surface area contributed by atoms with Crippen LogP contribution in [0.5, 0.6) is 0 Å². The third kappa shape index (κ3) is 1.35. The van der Waals surface area contributed by atoms with Crippen LogP contribution in [0.25, 0.3) is 0 Å². The van der Waals surface area contributed by atoms with Gasteiger partial charge in [0.05, 0.1) is 5.69 Å². The minimum absolute atomic E-state index is 0.643. The SMILES string of the molecule is c1cc(CC23CC4CC(CC(C4)C2)C3)n[nH]1.